The van der Waals surface area contributed by atoms with Gasteiger partial charge < -0.3 is 19.4 Å². The van der Waals surface area contributed by atoms with Gasteiger partial charge in [-0.2, -0.15) is 0 Å². The highest BCUT2D eigenvalue weighted by Crippen LogP contribution is 2.31. The van der Waals surface area contributed by atoms with Crippen LogP contribution in [-0.4, -0.2) is 53.0 Å². The van der Waals surface area contributed by atoms with Gasteiger partial charge in [0, 0.05) is 25.6 Å². The summed E-state index contributed by atoms with van der Waals surface area (Å²) in [6, 6.07) is 6.30. The van der Waals surface area contributed by atoms with Gasteiger partial charge in [0.05, 0.1) is 20.3 Å². The molecule has 0 aliphatic carbocycles. The third-order valence-electron chi connectivity index (χ3n) is 5.81. The van der Waals surface area contributed by atoms with Crippen LogP contribution in [0.3, 0.4) is 0 Å². The zero-order valence-electron chi connectivity index (χ0n) is 18.3. The van der Waals surface area contributed by atoms with E-state index in [4.69, 9.17) is 9.47 Å². The molecule has 1 N–H and O–H groups in total. The van der Waals surface area contributed by atoms with E-state index in [-0.39, 0.29) is 12.4 Å². The Morgan fingerprint density at radius 1 is 1.13 bits per heavy atom. The number of nitrogens with one attached hydrogen (secondary N) is 1. The quantitative estimate of drug-likeness (QED) is 0.720. The Hall–Kier alpha value is -1.83. The van der Waals surface area contributed by atoms with E-state index >= 15 is 0 Å². The Kier molecular flexibility index (Phi) is 7.97. The number of nitrogens with zero attached hydrogens (tertiary/aromatic N) is 4. The second-order valence-corrected chi connectivity index (χ2v) is 8.54. The van der Waals surface area contributed by atoms with Crippen LogP contribution in [0, 0.1) is 5.92 Å². The van der Waals surface area contributed by atoms with Gasteiger partial charge in [0.15, 0.2) is 11.5 Å². The average molecular weight is 436 g/mol. The molecule has 30 heavy (non-hydrogen) atoms. The molecule has 7 nitrogen and oxygen atoms in total. The molecule has 4 rings (SSSR count). The van der Waals surface area contributed by atoms with Crippen LogP contribution in [0.15, 0.2) is 18.2 Å². The van der Waals surface area contributed by atoms with E-state index in [1.54, 1.807) is 7.11 Å². The Balaban J connectivity index is 0.00000256. The minimum Gasteiger partial charge on any atom is -0.493 e. The molecular formula is C22H34ClN5O2. The molecule has 0 atom stereocenters. The standard InChI is InChI=1S/C22H33N5O2.ClH/c1-16(2)15-29-20-12-17(4-5-19(20)28-3)14-26-9-6-18(7-10-26)22-25-24-21-13-23-8-11-27(21)22;/h4-5,12,16,18,23H,6-11,13-15H2,1-3H3;1H. The summed E-state index contributed by atoms with van der Waals surface area (Å²) < 4.78 is 13.8. The van der Waals surface area contributed by atoms with Crippen LogP contribution in [0.5, 0.6) is 11.5 Å². The summed E-state index contributed by atoms with van der Waals surface area (Å²) in [6.07, 6.45) is 2.27. The van der Waals surface area contributed by atoms with E-state index in [9.17, 15) is 0 Å². The number of fused-ring (bicyclic) bond motifs is 1. The van der Waals surface area contributed by atoms with Crippen molar-refractivity contribution in [3.05, 3.63) is 35.4 Å². The van der Waals surface area contributed by atoms with Crippen LogP contribution in [-0.2, 0) is 19.6 Å². The fourth-order valence-corrected chi connectivity index (χ4v) is 4.21. The van der Waals surface area contributed by atoms with Crippen molar-refractivity contribution in [2.75, 3.05) is 33.4 Å². The van der Waals surface area contributed by atoms with Gasteiger partial charge in [-0.1, -0.05) is 19.9 Å². The minimum atomic E-state index is 0. The first kappa shape index (κ1) is 22.8. The topological polar surface area (TPSA) is 64.4 Å². The predicted molar refractivity (Wildman–Crippen MR) is 120 cm³/mol. The molecule has 166 valence electrons. The van der Waals surface area contributed by atoms with Crippen molar-refractivity contribution in [2.24, 2.45) is 5.92 Å². The molecule has 0 saturated carbocycles. The van der Waals surface area contributed by atoms with E-state index in [0.717, 1.165) is 69.4 Å². The van der Waals surface area contributed by atoms with E-state index in [0.29, 0.717) is 18.4 Å². The lowest BCUT2D eigenvalue weighted by Crippen LogP contribution is -2.34. The molecule has 2 aliphatic heterocycles. The molecule has 0 amide bonds. The minimum absolute atomic E-state index is 0. The van der Waals surface area contributed by atoms with Crippen LogP contribution >= 0.6 is 12.4 Å². The van der Waals surface area contributed by atoms with Gasteiger partial charge in [-0.3, -0.25) is 4.90 Å². The lowest BCUT2D eigenvalue weighted by atomic mass is 9.95. The van der Waals surface area contributed by atoms with E-state index in [2.05, 4.69) is 51.0 Å². The number of hydrogen-bond donors (Lipinski definition) is 1. The summed E-state index contributed by atoms with van der Waals surface area (Å²) >= 11 is 0. The number of halogens is 1. The van der Waals surface area contributed by atoms with E-state index in [1.807, 2.05) is 6.07 Å². The molecule has 0 spiro atoms. The second-order valence-electron chi connectivity index (χ2n) is 8.54. The van der Waals surface area contributed by atoms with Crippen molar-refractivity contribution in [3.63, 3.8) is 0 Å². The monoisotopic (exact) mass is 435 g/mol. The molecule has 1 aromatic heterocycles. The van der Waals surface area contributed by atoms with Crippen molar-refractivity contribution >= 4 is 12.4 Å². The van der Waals surface area contributed by atoms with Crippen LogP contribution in [0.4, 0.5) is 0 Å². The predicted octanol–water partition coefficient (Wildman–Crippen LogP) is 3.23. The number of likely N-dealkylation sites (tertiary alicyclic amines) is 1. The molecule has 0 radical (unpaired) electrons. The van der Waals surface area contributed by atoms with Crippen molar-refractivity contribution in [1.29, 1.82) is 0 Å². The lowest BCUT2D eigenvalue weighted by Gasteiger charge is -2.32. The third-order valence-corrected chi connectivity index (χ3v) is 5.81. The normalized spacial score (nSPS) is 17.5. The van der Waals surface area contributed by atoms with Gasteiger partial charge in [0.25, 0.3) is 0 Å². The Bertz CT molecular complexity index is 818. The molecule has 0 unspecified atom stereocenters. The highest BCUT2D eigenvalue weighted by atomic mass is 35.5. The second kappa shape index (κ2) is 10.5. The first-order chi connectivity index (χ1) is 14.1. The van der Waals surface area contributed by atoms with Crippen LogP contribution in [0.1, 0.15) is 49.8 Å². The van der Waals surface area contributed by atoms with Crippen LogP contribution in [0.25, 0.3) is 0 Å². The zero-order chi connectivity index (χ0) is 20.2. The number of ether oxygens (including phenoxy) is 2. The Morgan fingerprint density at radius 2 is 1.93 bits per heavy atom. The van der Waals surface area contributed by atoms with Gasteiger partial charge >= 0.3 is 0 Å². The molecule has 2 aromatic rings. The van der Waals surface area contributed by atoms with Gasteiger partial charge in [-0.05, 0) is 49.5 Å². The highest BCUT2D eigenvalue weighted by Gasteiger charge is 2.27. The van der Waals surface area contributed by atoms with Gasteiger partial charge in [0.1, 0.15) is 11.6 Å². The summed E-state index contributed by atoms with van der Waals surface area (Å²) in [5.74, 6) is 4.93. The number of methoxy groups -OCH3 is 1. The maximum Gasteiger partial charge on any atom is 0.161 e. The van der Waals surface area contributed by atoms with Crippen molar-refractivity contribution < 1.29 is 9.47 Å². The number of aromatic nitrogens is 3. The van der Waals surface area contributed by atoms with E-state index in [1.165, 1.54) is 11.4 Å². The number of rotatable bonds is 7. The van der Waals surface area contributed by atoms with Crippen molar-refractivity contribution in [3.8, 4) is 11.5 Å². The highest BCUT2D eigenvalue weighted by molar-refractivity contribution is 5.85. The molecule has 3 heterocycles. The maximum atomic E-state index is 5.97. The summed E-state index contributed by atoms with van der Waals surface area (Å²) in [5, 5.41) is 12.3. The number of hydrogen-bond acceptors (Lipinski definition) is 6. The number of benzene rings is 1. The molecule has 0 bridgehead atoms. The first-order valence-corrected chi connectivity index (χ1v) is 10.8. The summed E-state index contributed by atoms with van der Waals surface area (Å²) in [6.45, 7) is 11.0. The lowest BCUT2D eigenvalue weighted by molar-refractivity contribution is 0.199. The molecular weight excluding hydrogens is 402 g/mol. The Labute approximate surface area is 185 Å². The van der Waals surface area contributed by atoms with Gasteiger partial charge in [-0.15, -0.1) is 22.6 Å². The zero-order valence-corrected chi connectivity index (χ0v) is 19.1. The molecule has 8 heteroatoms. The van der Waals surface area contributed by atoms with Gasteiger partial charge in [-0.25, -0.2) is 0 Å². The fraction of sp³-hybridized carbons (Fsp3) is 0.636. The van der Waals surface area contributed by atoms with Crippen molar-refractivity contribution in [2.45, 2.75) is 52.2 Å². The van der Waals surface area contributed by atoms with E-state index < -0.39 is 0 Å². The average Bonchev–Trinajstić information content (AvgIpc) is 3.17. The summed E-state index contributed by atoms with van der Waals surface area (Å²) in [4.78, 5) is 2.53. The fourth-order valence-electron chi connectivity index (χ4n) is 4.21. The molecule has 2 aliphatic rings. The van der Waals surface area contributed by atoms with Crippen LogP contribution in [0.2, 0.25) is 0 Å². The molecule has 1 saturated heterocycles. The summed E-state index contributed by atoms with van der Waals surface area (Å²) in [7, 11) is 1.70. The third kappa shape index (κ3) is 5.25. The Morgan fingerprint density at radius 3 is 2.67 bits per heavy atom. The van der Waals surface area contributed by atoms with Crippen LogP contribution < -0.4 is 14.8 Å². The number of piperidine rings is 1. The largest absolute Gasteiger partial charge is 0.493 e. The summed E-state index contributed by atoms with van der Waals surface area (Å²) in [5.41, 5.74) is 1.27. The van der Waals surface area contributed by atoms with Gasteiger partial charge in [0.2, 0.25) is 0 Å². The molecule has 1 fully saturated rings. The smallest absolute Gasteiger partial charge is 0.161 e. The molecule has 1 aromatic carbocycles. The maximum absolute atomic E-state index is 5.97. The SMILES string of the molecule is COc1ccc(CN2CCC(c3nnc4n3CCNC4)CC2)cc1OCC(C)C.Cl. The van der Waals surface area contributed by atoms with Crippen molar-refractivity contribution in [1.82, 2.24) is 25.0 Å². The first-order valence-electron chi connectivity index (χ1n) is 10.8.